The highest BCUT2D eigenvalue weighted by atomic mass is 16.6. The van der Waals surface area contributed by atoms with Crippen molar-refractivity contribution in [1.82, 2.24) is 24.6 Å². The third-order valence-corrected chi connectivity index (χ3v) is 4.79. The lowest BCUT2D eigenvalue weighted by Gasteiger charge is -2.22. The van der Waals surface area contributed by atoms with Crippen molar-refractivity contribution in [2.75, 3.05) is 7.11 Å². The van der Waals surface area contributed by atoms with Crippen LogP contribution in [0.25, 0.3) is 5.78 Å². The Morgan fingerprint density at radius 2 is 1.91 bits per heavy atom. The van der Waals surface area contributed by atoms with Gasteiger partial charge in [-0.2, -0.15) is 9.99 Å². The topological polar surface area (TPSA) is 164 Å². The number of rotatable bonds is 5. The summed E-state index contributed by atoms with van der Waals surface area (Å²) in [7, 11) is 1.26. The summed E-state index contributed by atoms with van der Waals surface area (Å²) in [4.78, 5) is 43.6. The molecular formula is C20H19N7O7. The number of hydrogen-bond donors (Lipinski definition) is 0. The second-order valence-electron chi connectivity index (χ2n) is 7.34. The normalized spacial score (nSPS) is 15.1. The number of hydrazone groups is 1. The summed E-state index contributed by atoms with van der Waals surface area (Å²) < 4.78 is 17.8. The summed E-state index contributed by atoms with van der Waals surface area (Å²) in [6.45, 7) is 6.02. The lowest BCUT2D eigenvalue weighted by molar-refractivity contribution is -0.385. The number of aromatic nitrogens is 4. The van der Waals surface area contributed by atoms with Crippen LogP contribution in [0.1, 0.15) is 42.9 Å². The van der Waals surface area contributed by atoms with Crippen LogP contribution in [-0.4, -0.2) is 54.4 Å². The number of fused-ring (bicyclic) bond motifs is 1. The first-order valence-corrected chi connectivity index (χ1v) is 9.90. The Labute approximate surface area is 191 Å². The van der Waals surface area contributed by atoms with Gasteiger partial charge in [-0.15, -0.1) is 10.2 Å². The molecule has 0 unspecified atom stereocenters. The van der Waals surface area contributed by atoms with Gasteiger partial charge in [0.05, 0.1) is 23.7 Å². The fourth-order valence-electron chi connectivity index (χ4n) is 3.42. The van der Waals surface area contributed by atoms with Crippen LogP contribution >= 0.6 is 0 Å². The number of benzene rings is 1. The van der Waals surface area contributed by atoms with E-state index in [0.717, 1.165) is 35.5 Å². The van der Waals surface area contributed by atoms with Gasteiger partial charge in [0.2, 0.25) is 18.0 Å². The Morgan fingerprint density at radius 3 is 2.53 bits per heavy atom. The van der Waals surface area contributed by atoms with Crippen molar-refractivity contribution in [1.29, 1.82) is 0 Å². The first-order valence-electron chi connectivity index (χ1n) is 9.90. The van der Waals surface area contributed by atoms with E-state index in [9.17, 15) is 19.7 Å². The zero-order valence-corrected chi connectivity index (χ0v) is 18.8. The smallest absolute Gasteiger partial charge is 0.308 e. The van der Waals surface area contributed by atoms with Crippen LogP contribution in [0.15, 0.2) is 23.3 Å². The van der Waals surface area contributed by atoms with Crippen LogP contribution in [0.5, 0.6) is 11.5 Å². The standard InChI is InChI=1S/C20H19N7O7/c1-9-6-10(2)25-20(21-9)22-17(23-25)18-24-26(11(3)28)19(34-18)14-7-13(27(30)31)8-15(32-5)16(14)33-12(4)29/h6-8,19H,1-5H3/t19-/m1/s1. The number of carbonyl (C=O) groups excluding carboxylic acids is 2. The molecule has 0 radical (unpaired) electrons. The molecule has 0 N–H and O–H groups in total. The van der Waals surface area contributed by atoms with Gasteiger partial charge in [-0.25, -0.2) is 9.50 Å². The van der Waals surface area contributed by atoms with Crippen LogP contribution in [0.2, 0.25) is 0 Å². The zero-order valence-electron chi connectivity index (χ0n) is 18.8. The van der Waals surface area contributed by atoms with E-state index in [1.165, 1.54) is 18.5 Å². The highest BCUT2D eigenvalue weighted by Gasteiger charge is 2.39. The van der Waals surface area contributed by atoms with Crippen LogP contribution in [0, 0.1) is 24.0 Å². The molecule has 176 valence electrons. The molecular weight excluding hydrogens is 450 g/mol. The summed E-state index contributed by atoms with van der Waals surface area (Å²) in [5.74, 6) is -1.28. The van der Waals surface area contributed by atoms with Gasteiger partial charge in [0, 0.05) is 31.3 Å². The minimum atomic E-state index is -1.32. The van der Waals surface area contributed by atoms with Crippen LogP contribution in [0.4, 0.5) is 5.69 Å². The van der Waals surface area contributed by atoms with Gasteiger partial charge in [-0.05, 0) is 19.9 Å². The zero-order chi connectivity index (χ0) is 24.7. The molecule has 0 aliphatic carbocycles. The number of amides is 1. The number of carbonyl (C=O) groups is 2. The summed E-state index contributed by atoms with van der Waals surface area (Å²) in [5, 5.41) is 20.9. The minimum Gasteiger partial charge on any atom is -0.493 e. The van der Waals surface area contributed by atoms with Gasteiger partial charge in [0.1, 0.15) is 0 Å². The number of non-ortho nitro benzene ring substituents is 1. The molecule has 1 atom stereocenters. The molecule has 3 aromatic rings. The number of ether oxygens (including phenoxy) is 3. The number of hydrogen-bond acceptors (Lipinski definition) is 11. The quantitative estimate of drug-likeness (QED) is 0.233. The Morgan fingerprint density at radius 1 is 1.18 bits per heavy atom. The van der Waals surface area contributed by atoms with Crippen molar-refractivity contribution in [3.8, 4) is 11.5 Å². The fraction of sp³-hybridized carbons (Fsp3) is 0.300. The first kappa shape index (κ1) is 22.6. The summed E-state index contributed by atoms with van der Waals surface area (Å²) in [6.07, 6.45) is -1.32. The van der Waals surface area contributed by atoms with E-state index in [4.69, 9.17) is 14.2 Å². The van der Waals surface area contributed by atoms with Crippen LogP contribution in [0.3, 0.4) is 0 Å². The van der Waals surface area contributed by atoms with E-state index < -0.39 is 23.0 Å². The Balaban J connectivity index is 1.84. The molecule has 0 bridgehead atoms. The van der Waals surface area contributed by atoms with E-state index in [2.05, 4.69) is 20.2 Å². The fourth-order valence-corrected chi connectivity index (χ4v) is 3.42. The van der Waals surface area contributed by atoms with E-state index in [-0.39, 0.29) is 34.5 Å². The maximum Gasteiger partial charge on any atom is 0.308 e. The highest BCUT2D eigenvalue weighted by Crippen LogP contribution is 2.43. The lowest BCUT2D eigenvalue weighted by atomic mass is 10.1. The molecule has 4 rings (SSSR count). The molecule has 0 spiro atoms. The molecule has 14 heteroatoms. The van der Waals surface area contributed by atoms with Gasteiger partial charge < -0.3 is 14.2 Å². The van der Waals surface area contributed by atoms with E-state index in [0.29, 0.717) is 5.78 Å². The SMILES string of the molecule is COc1cc([N+](=O)[O-])cc([C@H]2OC(c3nc4nc(C)cc(C)n4n3)=NN2C(C)=O)c1OC(C)=O. The molecule has 3 heterocycles. The molecule has 0 fully saturated rings. The average molecular weight is 469 g/mol. The van der Waals surface area contributed by atoms with Crippen LogP contribution < -0.4 is 9.47 Å². The number of nitro groups is 1. The van der Waals surface area contributed by atoms with E-state index in [1.54, 1.807) is 0 Å². The van der Waals surface area contributed by atoms with Crippen molar-refractivity contribution in [2.45, 2.75) is 33.9 Å². The highest BCUT2D eigenvalue weighted by molar-refractivity contribution is 5.93. The number of aryl methyl sites for hydroxylation is 2. The largest absolute Gasteiger partial charge is 0.493 e. The van der Waals surface area contributed by atoms with Gasteiger partial charge in [-0.3, -0.25) is 19.7 Å². The van der Waals surface area contributed by atoms with Crippen molar-refractivity contribution in [3.05, 3.63) is 51.1 Å². The van der Waals surface area contributed by atoms with E-state index >= 15 is 0 Å². The monoisotopic (exact) mass is 469 g/mol. The Bertz CT molecular complexity index is 1380. The van der Waals surface area contributed by atoms with Crippen molar-refractivity contribution in [2.24, 2.45) is 5.10 Å². The number of nitrogens with zero attached hydrogens (tertiary/aromatic N) is 7. The lowest BCUT2D eigenvalue weighted by Crippen LogP contribution is -2.26. The molecule has 1 aliphatic rings. The molecule has 1 amide bonds. The van der Waals surface area contributed by atoms with Crippen LogP contribution in [-0.2, 0) is 14.3 Å². The summed E-state index contributed by atoms with van der Waals surface area (Å²) >= 11 is 0. The number of methoxy groups -OCH3 is 1. The van der Waals surface area contributed by atoms with Gasteiger partial charge in [0.25, 0.3) is 17.4 Å². The summed E-state index contributed by atoms with van der Waals surface area (Å²) in [6, 6.07) is 4.03. The van der Waals surface area contributed by atoms with Crippen molar-refractivity contribution in [3.63, 3.8) is 0 Å². The molecule has 2 aromatic heterocycles. The molecule has 34 heavy (non-hydrogen) atoms. The number of esters is 1. The third-order valence-electron chi connectivity index (χ3n) is 4.79. The van der Waals surface area contributed by atoms with Crippen molar-refractivity contribution >= 4 is 29.2 Å². The Hall–Kier alpha value is -4.62. The second-order valence-corrected chi connectivity index (χ2v) is 7.34. The minimum absolute atomic E-state index is 0.0240. The second kappa shape index (κ2) is 8.38. The molecule has 1 aromatic carbocycles. The first-order chi connectivity index (χ1) is 16.1. The number of nitro benzene ring substituents is 1. The molecule has 14 nitrogen and oxygen atoms in total. The maximum atomic E-state index is 12.4. The molecule has 1 aliphatic heterocycles. The average Bonchev–Trinajstić information content (AvgIpc) is 3.38. The third kappa shape index (κ3) is 3.96. The van der Waals surface area contributed by atoms with Gasteiger partial charge in [-0.1, -0.05) is 0 Å². The Kier molecular flexibility index (Phi) is 5.56. The molecule has 0 saturated carbocycles. The predicted octanol–water partition coefficient (Wildman–Crippen LogP) is 1.82. The van der Waals surface area contributed by atoms with Crippen molar-refractivity contribution < 1.29 is 28.7 Å². The summed E-state index contributed by atoms with van der Waals surface area (Å²) in [5.41, 5.74) is 1.10. The van der Waals surface area contributed by atoms with E-state index in [1.807, 2.05) is 19.9 Å². The van der Waals surface area contributed by atoms with Gasteiger partial charge in [0.15, 0.2) is 11.5 Å². The molecule has 0 saturated heterocycles. The predicted molar refractivity (Wildman–Crippen MR) is 114 cm³/mol. The maximum absolute atomic E-state index is 12.4. The van der Waals surface area contributed by atoms with Gasteiger partial charge >= 0.3 is 5.97 Å².